The molecule has 1 aromatic carbocycles. The Bertz CT molecular complexity index is 568. The van der Waals surface area contributed by atoms with E-state index in [1.165, 1.54) is 10.2 Å². The summed E-state index contributed by atoms with van der Waals surface area (Å²) in [6.45, 7) is 5.84. The summed E-state index contributed by atoms with van der Waals surface area (Å²) < 4.78 is 1.54. The highest BCUT2D eigenvalue weighted by molar-refractivity contribution is 5.87. The van der Waals surface area contributed by atoms with Gasteiger partial charge in [-0.05, 0) is 26.8 Å². The van der Waals surface area contributed by atoms with Gasteiger partial charge >= 0.3 is 5.97 Å². The molecule has 2 rings (SSSR count). The highest BCUT2D eigenvalue weighted by Gasteiger charge is 2.16. The van der Waals surface area contributed by atoms with Crippen LogP contribution in [0.1, 0.15) is 35.9 Å². The van der Waals surface area contributed by atoms with Crippen molar-refractivity contribution in [3.63, 3.8) is 0 Å². The molecule has 0 atom stereocenters. The third-order valence-electron chi connectivity index (χ3n) is 2.79. The highest BCUT2D eigenvalue weighted by Crippen LogP contribution is 2.21. The first-order valence-corrected chi connectivity index (χ1v) is 5.89. The standard InChI is InChI=1S/C14H16N2O2/c1-9(2)16-13(14(17)18)8-12(15-16)11-6-4-10(3)5-7-11/h4-9H,1-3H3,(H,17,18). The Morgan fingerprint density at radius 1 is 1.28 bits per heavy atom. The van der Waals surface area contributed by atoms with Crippen molar-refractivity contribution in [2.75, 3.05) is 0 Å². The Balaban J connectivity index is 2.49. The number of nitrogens with zero attached hydrogens (tertiary/aromatic N) is 2. The number of rotatable bonds is 3. The highest BCUT2D eigenvalue weighted by atomic mass is 16.4. The minimum Gasteiger partial charge on any atom is -0.477 e. The van der Waals surface area contributed by atoms with E-state index < -0.39 is 5.97 Å². The van der Waals surface area contributed by atoms with E-state index in [-0.39, 0.29) is 11.7 Å². The van der Waals surface area contributed by atoms with E-state index in [0.717, 1.165) is 5.56 Å². The Morgan fingerprint density at radius 3 is 2.33 bits per heavy atom. The van der Waals surface area contributed by atoms with Crippen molar-refractivity contribution in [3.05, 3.63) is 41.6 Å². The van der Waals surface area contributed by atoms with E-state index in [0.29, 0.717) is 5.69 Å². The number of hydrogen-bond donors (Lipinski definition) is 1. The molecule has 0 spiro atoms. The first-order valence-electron chi connectivity index (χ1n) is 5.89. The summed E-state index contributed by atoms with van der Waals surface area (Å²) in [5.41, 5.74) is 3.02. The molecule has 0 aliphatic heterocycles. The van der Waals surface area contributed by atoms with Gasteiger partial charge < -0.3 is 5.11 Å². The van der Waals surface area contributed by atoms with Gasteiger partial charge in [-0.1, -0.05) is 29.8 Å². The van der Waals surface area contributed by atoms with Crippen molar-refractivity contribution < 1.29 is 9.90 Å². The van der Waals surface area contributed by atoms with Crippen molar-refractivity contribution >= 4 is 5.97 Å². The SMILES string of the molecule is Cc1ccc(-c2cc(C(=O)O)n(C(C)C)n2)cc1. The van der Waals surface area contributed by atoms with E-state index in [1.54, 1.807) is 6.07 Å². The second-order valence-corrected chi connectivity index (χ2v) is 4.62. The summed E-state index contributed by atoms with van der Waals surface area (Å²) in [6, 6.07) is 9.53. The van der Waals surface area contributed by atoms with Crippen molar-refractivity contribution in [1.82, 2.24) is 9.78 Å². The van der Waals surface area contributed by atoms with Gasteiger partial charge in [0.25, 0.3) is 0 Å². The molecule has 2 aromatic rings. The molecule has 4 nitrogen and oxygen atoms in total. The zero-order chi connectivity index (χ0) is 13.3. The molecule has 1 heterocycles. The van der Waals surface area contributed by atoms with E-state index >= 15 is 0 Å². The molecule has 0 fully saturated rings. The van der Waals surface area contributed by atoms with Crippen LogP contribution in [0.3, 0.4) is 0 Å². The average molecular weight is 244 g/mol. The maximum Gasteiger partial charge on any atom is 0.354 e. The van der Waals surface area contributed by atoms with Crippen molar-refractivity contribution in [1.29, 1.82) is 0 Å². The van der Waals surface area contributed by atoms with Crippen LogP contribution < -0.4 is 0 Å². The lowest BCUT2D eigenvalue weighted by atomic mass is 10.1. The number of carboxylic acids is 1. The molecule has 0 aliphatic carbocycles. The second-order valence-electron chi connectivity index (χ2n) is 4.62. The first kappa shape index (κ1) is 12.4. The predicted molar refractivity (Wildman–Crippen MR) is 69.7 cm³/mol. The van der Waals surface area contributed by atoms with Crippen molar-refractivity contribution in [2.45, 2.75) is 26.8 Å². The van der Waals surface area contributed by atoms with Gasteiger partial charge in [0.05, 0.1) is 5.69 Å². The van der Waals surface area contributed by atoms with Gasteiger partial charge in [-0.3, -0.25) is 4.68 Å². The van der Waals surface area contributed by atoms with Gasteiger partial charge in [0.15, 0.2) is 0 Å². The fraction of sp³-hybridized carbons (Fsp3) is 0.286. The van der Waals surface area contributed by atoms with Crippen molar-refractivity contribution in [3.8, 4) is 11.3 Å². The molecule has 4 heteroatoms. The molecule has 1 N–H and O–H groups in total. The number of aromatic carboxylic acids is 1. The fourth-order valence-electron chi connectivity index (χ4n) is 1.81. The maximum absolute atomic E-state index is 11.2. The van der Waals surface area contributed by atoms with Crippen LogP contribution in [0.25, 0.3) is 11.3 Å². The number of aromatic nitrogens is 2. The van der Waals surface area contributed by atoms with E-state index in [1.807, 2.05) is 45.0 Å². The number of benzene rings is 1. The third kappa shape index (κ3) is 2.27. The van der Waals surface area contributed by atoms with Crippen LogP contribution in [-0.2, 0) is 0 Å². The second kappa shape index (κ2) is 4.64. The average Bonchev–Trinajstić information content (AvgIpc) is 2.75. The Kier molecular flexibility index (Phi) is 3.19. The topological polar surface area (TPSA) is 55.1 Å². The van der Waals surface area contributed by atoms with Crippen LogP contribution >= 0.6 is 0 Å². The summed E-state index contributed by atoms with van der Waals surface area (Å²) in [5, 5.41) is 13.5. The maximum atomic E-state index is 11.2. The summed E-state index contributed by atoms with van der Waals surface area (Å²) >= 11 is 0. The first-order chi connectivity index (χ1) is 8.49. The smallest absolute Gasteiger partial charge is 0.354 e. The van der Waals surface area contributed by atoms with Gasteiger partial charge in [-0.2, -0.15) is 5.10 Å². The molecule has 0 unspecified atom stereocenters. The lowest BCUT2D eigenvalue weighted by Gasteiger charge is -2.07. The molecule has 0 aliphatic rings. The van der Waals surface area contributed by atoms with E-state index in [9.17, 15) is 4.79 Å². The monoisotopic (exact) mass is 244 g/mol. The van der Waals surface area contributed by atoms with Gasteiger partial charge in [0.1, 0.15) is 5.69 Å². The molecular formula is C14H16N2O2. The largest absolute Gasteiger partial charge is 0.477 e. The molecule has 0 bridgehead atoms. The number of aryl methyl sites for hydroxylation is 1. The van der Waals surface area contributed by atoms with Gasteiger partial charge in [0.2, 0.25) is 0 Å². The number of hydrogen-bond acceptors (Lipinski definition) is 2. The van der Waals surface area contributed by atoms with Gasteiger partial charge in [0, 0.05) is 11.6 Å². The molecule has 18 heavy (non-hydrogen) atoms. The molecule has 0 saturated carbocycles. The Morgan fingerprint density at radius 2 is 1.89 bits per heavy atom. The third-order valence-corrected chi connectivity index (χ3v) is 2.79. The summed E-state index contributed by atoms with van der Waals surface area (Å²) in [4.78, 5) is 11.2. The van der Waals surface area contributed by atoms with Crippen LogP contribution in [-0.4, -0.2) is 20.9 Å². The van der Waals surface area contributed by atoms with Crippen LogP contribution in [0, 0.1) is 6.92 Å². The van der Waals surface area contributed by atoms with Crippen LogP contribution in [0.2, 0.25) is 0 Å². The normalized spacial score (nSPS) is 10.9. The molecule has 1 aromatic heterocycles. The predicted octanol–water partition coefficient (Wildman–Crippen LogP) is 3.14. The Labute approximate surface area is 106 Å². The molecular weight excluding hydrogens is 228 g/mol. The van der Waals surface area contributed by atoms with Crippen LogP contribution in [0.5, 0.6) is 0 Å². The van der Waals surface area contributed by atoms with Crippen molar-refractivity contribution in [2.24, 2.45) is 0 Å². The van der Waals surface area contributed by atoms with Crippen LogP contribution in [0.4, 0.5) is 0 Å². The van der Waals surface area contributed by atoms with E-state index in [2.05, 4.69) is 5.10 Å². The van der Waals surface area contributed by atoms with Crippen LogP contribution in [0.15, 0.2) is 30.3 Å². The Hall–Kier alpha value is -2.10. The quantitative estimate of drug-likeness (QED) is 0.902. The zero-order valence-electron chi connectivity index (χ0n) is 10.7. The van der Waals surface area contributed by atoms with Gasteiger partial charge in [-0.15, -0.1) is 0 Å². The molecule has 94 valence electrons. The fourth-order valence-corrected chi connectivity index (χ4v) is 1.81. The molecule has 0 radical (unpaired) electrons. The summed E-state index contributed by atoms with van der Waals surface area (Å²) in [7, 11) is 0. The lowest BCUT2D eigenvalue weighted by Crippen LogP contribution is -2.11. The molecule has 0 saturated heterocycles. The molecule has 0 amide bonds. The summed E-state index contributed by atoms with van der Waals surface area (Å²) in [6.07, 6.45) is 0. The summed E-state index contributed by atoms with van der Waals surface area (Å²) in [5.74, 6) is -0.949. The number of carboxylic acid groups (broad SMARTS) is 1. The zero-order valence-corrected chi connectivity index (χ0v) is 10.7. The number of carbonyl (C=O) groups is 1. The van der Waals surface area contributed by atoms with E-state index in [4.69, 9.17) is 5.11 Å². The van der Waals surface area contributed by atoms with Gasteiger partial charge in [-0.25, -0.2) is 4.79 Å². The lowest BCUT2D eigenvalue weighted by molar-refractivity contribution is 0.0681. The minimum absolute atomic E-state index is 0.0234. The minimum atomic E-state index is -0.949.